The van der Waals surface area contributed by atoms with Crippen molar-refractivity contribution >= 4 is 5.78 Å². The fourth-order valence-corrected chi connectivity index (χ4v) is 2.65. The van der Waals surface area contributed by atoms with E-state index >= 15 is 0 Å². The van der Waals surface area contributed by atoms with Gasteiger partial charge in [-0.25, -0.2) is 0 Å². The number of carbonyl (C=O) groups is 1. The first-order valence-corrected chi connectivity index (χ1v) is 6.93. The monoisotopic (exact) mass is 267 g/mol. The average molecular weight is 267 g/mol. The van der Waals surface area contributed by atoms with Gasteiger partial charge in [0.05, 0.1) is 12.7 Å². The van der Waals surface area contributed by atoms with E-state index in [1.165, 1.54) is 11.1 Å². The molecule has 1 aliphatic heterocycles. The van der Waals surface area contributed by atoms with Gasteiger partial charge in [0.25, 0.3) is 0 Å². The summed E-state index contributed by atoms with van der Waals surface area (Å²) < 4.78 is 5.78. The number of benzene rings is 1. The molecule has 1 aromatic carbocycles. The lowest BCUT2D eigenvalue weighted by atomic mass is 9.93. The Morgan fingerprint density at radius 3 is 2.85 bits per heavy atom. The van der Waals surface area contributed by atoms with Crippen LogP contribution >= 0.6 is 0 Å². The number of Topliss-reactive ketones (excluding diaryl/α,β-unsaturated/α-hetero) is 1. The van der Waals surface area contributed by atoms with Crippen LogP contribution in [0.1, 0.15) is 29.2 Å². The molecule has 2 heterocycles. The van der Waals surface area contributed by atoms with Gasteiger partial charge in [-0.1, -0.05) is 24.3 Å². The molecule has 3 heteroatoms. The van der Waals surface area contributed by atoms with Gasteiger partial charge in [-0.05, 0) is 35.2 Å². The molecule has 3 nitrogen and oxygen atoms in total. The second-order valence-corrected chi connectivity index (χ2v) is 5.08. The van der Waals surface area contributed by atoms with E-state index in [1.807, 2.05) is 24.3 Å². The topological polar surface area (TPSA) is 39.2 Å². The second kappa shape index (κ2) is 5.97. The maximum atomic E-state index is 12.2. The van der Waals surface area contributed by atoms with Gasteiger partial charge < -0.3 is 4.74 Å². The highest BCUT2D eigenvalue weighted by Gasteiger charge is 2.22. The van der Waals surface area contributed by atoms with Crippen LogP contribution in [0.25, 0.3) is 0 Å². The van der Waals surface area contributed by atoms with Gasteiger partial charge in [-0.2, -0.15) is 0 Å². The van der Waals surface area contributed by atoms with Crippen molar-refractivity contribution in [3.63, 3.8) is 0 Å². The standard InChI is InChI=1S/C17H17NO2/c19-15(11-13-5-8-18-9-6-13)12-17-16-4-2-1-3-14(16)7-10-20-17/h1-6,8-9,17H,7,10-12H2. The number of rotatable bonds is 4. The molecule has 1 atom stereocenters. The lowest BCUT2D eigenvalue weighted by molar-refractivity contribution is -0.121. The quantitative estimate of drug-likeness (QED) is 0.855. The molecular formula is C17H17NO2. The van der Waals surface area contributed by atoms with Crippen molar-refractivity contribution in [3.8, 4) is 0 Å². The van der Waals surface area contributed by atoms with Crippen LogP contribution < -0.4 is 0 Å². The Labute approximate surface area is 118 Å². The number of fused-ring (bicyclic) bond motifs is 1. The lowest BCUT2D eigenvalue weighted by Crippen LogP contribution is -2.19. The van der Waals surface area contributed by atoms with Crippen molar-refractivity contribution in [2.45, 2.75) is 25.4 Å². The van der Waals surface area contributed by atoms with Crippen molar-refractivity contribution in [3.05, 3.63) is 65.5 Å². The molecule has 0 radical (unpaired) electrons. The molecule has 0 bridgehead atoms. The van der Waals surface area contributed by atoms with Crippen LogP contribution in [0.15, 0.2) is 48.8 Å². The van der Waals surface area contributed by atoms with Crippen LogP contribution in [0.5, 0.6) is 0 Å². The molecule has 102 valence electrons. The van der Waals surface area contributed by atoms with Crippen molar-refractivity contribution in [1.29, 1.82) is 0 Å². The Morgan fingerprint density at radius 2 is 2.00 bits per heavy atom. The van der Waals surface area contributed by atoms with E-state index in [1.54, 1.807) is 12.4 Å². The van der Waals surface area contributed by atoms with Crippen LogP contribution in [0.2, 0.25) is 0 Å². The Bertz CT molecular complexity index is 595. The number of ether oxygens (including phenoxy) is 1. The smallest absolute Gasteiger partial charge is 0.140 e. The summed E-state index contributed by atoms with van der Waals surface area (Å²) in [6.07, 6.45) is 5.17. The zero-order valence-electron chi connectivity index (χ0n) is 11.3. The molecule has 0 saturated heterocycles. The molecular weight excluding hydrogens is 250 g/mol. The van der Waals surface area contributed by atoms with Crippen LogP contribution in [0.3, 0.4) is 0 Å². The predicted molar refractivity (Wildman–Crippen MR) is 76.4 cm³/mol. The fourth-order valence-electron chi connectivity index (χ4n) is 2.65. The largest absolute Gasteiger partial charge is 0.373 e. The number of pyridine rings is 1. The van der Waals surface area contributed by atoms with Crippen LogP contribution in [-0.2, 0) is 22.4 Å². The average Bonchev–Trinajstić information content (AvgIpc) is 2.48. The van der Waals surface area contributed by atoms with Crippen LogP contribution in [0.4, 0.5) is 0 Å². The Balaban J connectivity index is 1.68. The molecule has 0 aliphatic carbocycles. The van der Waals surface area contributed by atoms with E-state index in [4.69, 9.17) is 4.74 Å². The van der Waals surface area contributed by atoms with E-state index in [-0.39, 0.29) is 11.9 Å². The molecule has 1 unspecified atom stereocenters. The number of hydrogen-bond donors (Lipinski definition) is 0. The maximum Gasteiger partial charge on any atom is 0.140 e. The number of hydrogen-bond acceptors (Lipinski definition) is 3. The summed E-state index contributed by atoms with van der Waals surface area (Å²) in [5.74, 6) is 0.206. The summed E-state index contributed by atoms with van der Waals surface area (Å²) in [6.45, 7) is 0.699. The third-order valence-corrected chi connectivity index (χ3v) is 3.66. The number of aromatic nitrogens is 1. The lowest BCUT2D eigenvalue weighted by Gasteiger charge is -2.25. The minimum atomic E-state index is -0.0886. The summed E-state index contributed by atoms with van der Waals surface area (Å²) in [7, 11) is 0. The zero-order valence-corrected chi connectivity index (χ0v) is 11.3. The molecule has 1 aromatic heterocycles. The first-order chi connectivity index (χ1) is 9.83. The van der Waals surface area contributed by atoms with Gasteiger partial charge in [0.1, 0.15) is 5.78 Å². The Hall–Kier alpha value is -2.00. The highest BCUT2D eigenvalue weighted by molar-refractivity contribution is 5.81. The van der Waals surface area contributed by atoms with Gasteiger partial charge in [-0.15, -0.1) is 0 Å². The van der Waals surface area contributed by atoms with Gasteiger partial charge in [0.2, 0.25) is 0 Å². The van der Waals surface area contributed by atoms with Gasteiger partial charge in [0, 0.05) is 25.2 Å². The van der Waals surface area contributed by atoms with Crippen molar-refractivity contribution in [2.24, 2.45) is 0 Å². The fraction of sp³-hybridized carbons (Fsp3) is 0.294. The van der Waals surface area contributed by atoms with Crippen LogP contribution in [0, 0.1) is 0 Å². The summed E-state index contributed by atoms with van der Waals surface area (Å²) >= 11 is 0. The Kier molecular flexibility index (Phi) is 3.88. The molecule has 0 amide bonds. The number of ketones is 1. The third kappa shape index (κ3) is 2.94. The summed E-state index contributed by atoms with van der Waals surface area (Å²) in [4.78, 5) is 16.2. The van der Waals surface area contributed by atoms with Gasteiger partial charge >= 0.3 is 0 Å². The van der Waals surface area contributed by atoms with Crippen molar-refractivity contribution in [1.82, 2.24) is 4.98 Å². The first kappa shape index (κ1) is 13.0. The van der Waals surface area contributed by atoms with E-state index in [0.717, 1.165) is 12.0 Å². The van der Waals surface area contributed by atoms with Gasteiger partial charge in [-0.3, -0.25) is 9.78 Å². The molecule has 0 saturated carbocycles. The van der Waals surface area contributed by atoms with E-state index in [2.05, 4.69) is 17.1 Å². The predicted octanol–water partition coefficient (Wildman–Crippen LogP) is 2.90. The summed E-state index contributed by atoms with van der Waals surface area (Å²) in [6, 6.07) is 12.0. The van der Waals surface area contributed by atoms with E-state index in [9.17, 15) is 4.79 Å². The summed E-state index contributed by atoms with van der Waals surface area (Å²) in [5, 5.41) is 0. The highest BCUT2D eigenvalue weighted by atomic mass is 16.5. The molecule has 20 heavy (non-hydrogen) atoms. The third-order valence-electron chi connectivity index (χ3n) is 3.66. The van der Waals surface area contributed by atoms with Crippen LogP contribution in [-0.4, -0.2) is 17.4 Å². The molecule has 0 N–H and O–H groups in total. The minimum absolute atomic E-state index is 0.0886. The van der Waals surface area contributed by atoms with E-state index in [0.29, 0.717) is 19.4 Å². The molecule has 0 spiro atoms. The molecule has 3 rings (SSSR count). The highest BCUT2D eigenvalue weighted by Crippen LogP contribution is 2.29. The van der Waals surface area contributed by atoms with Gasteiger partial charge in [0.15, 0.2) is 0 Å². The maximum absolute atomic E-state index is 12.2. The normalized spacial score (nSPS) is 17.5. The number of carbonyl (C=O) groups excluding carboxylic acids is 1. The molecule has 2 aromatic rings. The van der Waals surface area contributed by atoms with Crippen molar-refractivity contribution < 1.29 is 9.53 Å². The number of nitrogens with zero attached hydrogens (tertiary/aromatic N) is 1. The van der Waals surface area contributed by atoms with E-state index < -0.39 is 0 Å². The minimum Gasteiger partial charge on any atom is -0.373 e. The first-order valence-electron chi connectivity index (χ1n) is 6.93. The second-order valence-electron chi connectivity index (χ2n) is 5.08. The molecule has 0 fully saturated rings. The SMILES string of the molecule is O=C(Cc1ccncc1)CC1OCCc2ccccc21. The molecule has 1 aliphatic rings. The van der Waals surface area contributed by atoms with Crippen molar-refractivity contribution in [2.75, 3.05) is 6.61 Å². The Morgan fingerprint density at radius 1 is 1.20 bits per heavy atom. The summed E-state index contributed by atoms with van der Waals surface area (Å²) in [5.41, 5.74) is 3.48. The zero-order chi connectivity index (χ0) is 13.8.